The highest BCUT2D eigenvalue weighted by Crippen LogP contribution is 2.30. The molecule has 0 amide bonds. The molecule has 0 saturated carbocycles. The van der Waals surface area contributed by atoms with Gasteiger partial charge in [0, 0.05) is 17.7 Å². The van der Waals surface area contributed by atoms with E-state index >= 15 is 0 Å². The van der Waals surface area contributed by atoms with Gasteiger partial charge in [0.2, 0.25) is 0 Å². The summed E-state index contributed by atoms with van der Waals surface area (Å²) >= 11 is 0. The van der Waals surface area contributed by atoms with Crippen molar-refractivity contribution in [2.45, 2.75) is 18.4 Å². The van der Waals surface area contributed by atoms with E-state index in [1.165, 1.54) is 35.7 Å². The fourth-order valence-corrected chi connectivity index (χ4v) is 4.39. The SMILES string of the molecule is COc1ccccc1CN(c1cccc(C)c1)S(=O)(=O)c1ccc([N+](=O)[O-])cc1. The van der Waals surface area contributed by atoms with E-state index in [1.54, 1.807) is 30.3 Å². The molecule has 0 radical (unpaired) electrons. The van der Waals surface area contributed by atoms with E-state index in [4.69, 9.17) is 4.74 Å². The molecule has 0 aliphatic heterocycles. The third-order valence-electron chi connectivity index (χ3n) is 4.43. The molecular formula is C21H20N2O5S. The molecule has 0 spiro atoms. The van der Waals surface area contributed by atoms with Crippen molar-refractivity contribution in [3.63, 3.8) is 0 Å². The highest BCUT2D eigenvalue weighted by Gasteiger charge is 2.27. The minimum Gasteiger partial charge on any atom is -0.496 e. The van der Waals surface area contributed by atoms with Gasteiger partial charge in [-0.1, -0.05) is 30.3 Å². The molecule has 7 nitrogen and oxygen atoms in total. The molecule has 3 rings (SSSR count). The summed E-state index contributed by atoms with van der Waals surface area (Å²) < 4.78 is 33.5. The largest absolute Gasteiger partial charge is 0.496 e. The normalized spacial score (nSPS) is 11.1. The van der Waals surface area contributed by atoms with Crippen LogP contribution in [0.3, 0.4) is 0 Å². The van der Waals surface area contributed by atoms with Crippen molar-refractivity contribution in [2.24, 2.45) is 0 Å². The molecule has 150 valence electrons. The quantitative estimate of drug-likeness (QED) is 0.426. The Morgan fingerprint density at radius 3 is 2.31 bits per heavy atom. The second-order valence-electron chi connectivity index (χ2n) is 6.41. The van der Waals surface area contributed by atoms with Crippen LogP contribution in [0.15, 0.2) is 77.7 Å². The monoisotopic (exact) mass is 412 g/mol. The van der Waals surface area contributed by atoms with Crippen molar-refractivity contribution in [2.75, 3.05) is 11.4 Å². The zero-order chi connectivity index (χ0) is 21.0. The van der Waals surface area contributed by atoms with E-state index in [1.807, 2.05) is 25.1 Å². The maximum Gasteiger partial charge on any atom is 0.269 e. The summed E-state index contributed by atoms with van der Waals surface area (Å²) in [6, 6.07) is 19.2. The molecule has 0 saturated heterocycles. The Hall–Kier alpha value is -3.39. The summed E-state index contributed by atoms with van der Waals surface area (Å²) in [6.45, 7) is 1.93. The Kier molecular flexibility index (Phi) is 5.84. The number of nitro benzene ring substituents is 1. The molecule has 0 bridgehead atoms. The molecule has 0 aliphatic carbocycles. The smallest absolute Gasteiger partial charge is 0.269 e. The van der Waals surface area contributed by atoms with Crippen LogP contribution in [0.5, 0.6) is 5.75 Å². The molecule has 0 N–H and O–H groups in total. The molecule has 29 heavy (non-hydrogen) atoms. The number of nitro groups is 1. The van der Waals surface area contributed by atoms with Gasteiger partial charge in [-0.05, 0) is 42.8 Å². The van der Waals surface area contributed by atoms with Crippen LogP contribution in [-0.2, 0) is 16.6 Å². The first-order chi connectivity index (χ1) is 13.8. The Labute approximate surface area is 169 Å². The number of nitrogens with zero attached hydrogens (tertiary/aromatic N) is 2. The van der Waals surface area contributed by atoms with Gasteiger partial charge < -0.3 is 4.74 Å². The van der Waals surface area contributed by atoms with Crippen LogP contribution in [0, 0.1) is 17.0 Å². The summed E-state index contributed by atoms with van der Waals surface area (Å²) in [6.07, 6.45) is 0. The van der Waals surface area contributed by atoms with Crippen molar-refractivity contribution < 1.29 is 18.1 Å². The molecule has 0 fully saturated rings. The number of ether oxygens (including phenoxy) is 1. The van der Waals surface area contributed by atoms with Crippen molar-refractivity contribution in [1.29, 1.82) is 0 Å². The summed E-state index contributed by atoms with van der Waals surface area (Å²) in [4.78, 5) is 10.3. The van der Waals surface area contributed by atoms with E-state index in [2.05, 4.69) is 0 Å². The zero-order valence-corrected chi connectivity index (χ0v) is 16.8. The number of anilines is 1. The van der Waals surface area contributed by atoms with Crippen LogP contribution in [-0.4, -0.2) is 20.5 Å². The standard InChI is InChI=1S/C21H20N2O5S/c1-16-6-5-8-19(14-16)22(15-17-7-3-4-9-21(17)28-2)29(26,27)20-12-10-18(11-13-20)23(24)25/h3-14H,15H2,1-2H3. The minimum atomic E-state index is -3.98. The lowest BCUT2D eigenvalue weighted by Crippen LogP contribution is -2.30. The summed E-state index contributed by atoms with van der Waals surface area (Å²) in [5.74, 6) is 0.573. The highest BCUT2D eigenvalue weighted by molar-refractivity contribution is 7.92. The first-order valence-electron chi connectivity index (χ1n) is 8.78. The lowest BCUT2D eigenvalue weighted by Gasteiger charge is -2.25. The van der Waals surface area contributed by atoms with Crippen molar-refractivity contribution in [3.8, 4) is 5.75 Å². The van der Waals surface area contributed by atoms with Gasteiger partial charge in [0.05, 0.1) is 29.2 Å². The van der Waals surface area contributed by atoms with Crippen LogP contribution in [0.25, 0.3) is 0 Å². The highest BCUT2D eigenvalue weighted by atomic mass is 32.2. The average Bonchev–Trinajstić information content (AvgIpc) is 2.72. The minimum absolute atomic E-state index is 0.0282. The first-order valence-corrected chi connectivity index (χ1v) is 10.2. The second kappa shape index (κ2) is 8.32. The molecular weight excluding hydrogens is 392 g/mol. The van der Waals surface area contributed by atoms with Crippen LogP contribution < -0.4 is 9.04 Å². The Bertz CT molecular complexity index is 1130. The number of benzene rings is 3. The van der Waals surface area contributed by atoms with Gasteiger partial charge in [0.25, 0.3) is 15.7 Å². The number of hydrogen-bond acceptors (Lipinski definition) is 5. The summed E-state index contributed by atoms with van der Waals surface area (Å²) in [5.41, 5.74) is 1.93. The fourth-order valence-electron chi connectivity index (χ4n) is 2.95. The average molecular weight is 412 g/mol. The Morgan fingerprint density at radius 2 is 1.69 bits per heavy atom. The maximum absolute atomic E-state index is 13.4. The third-order valence-corrected chi connectivity index (χ3v) is 6.22. The topological polar surface area (TPSA) is 89.8 Å². The second-order valence-corrected chi connectivity index (χ2v) is 8.28. The van der Waals surface area contributed by atoms with E-state index in [0.29, 0.717) is 17.0 Å². The van der Waals surface area contributed by atoms with Gasteiger partial charge in [-0.3, -0.25) is 14.4 Å². The molecule has 3 aromatic rings. The van der Waals surface area contributed by atoms with Gasteiger partial charge in [-0.2, -0.15) is 0 Å². The van der Waals surface area contributed by atoms with Crippen molar-refractivity contribution in [1.82, 2.24) is 0 Å². The van der Waals surface area contributed by atoms with Gasteiger partial charge in [-0.15, -0.1) is 0 Å². The number of rotatable bonds is 7. The number of para-hydroxylation sites is 1. The molecule has 0 aromatic heterocycles. The molecule has 0 aliphatic rings. The van der Waals surface area contributed by atoms with Gasteiger partial charge in [-0.25, -0.2) is 8.42 Å². The van der Waals surface area contributed by atoms with Crippen LogP contribution in [0.1, 0.15) is 11.1 Å². The molecule has 0 heterocycles. The van der Waals surface area contributed by atoms with Gasteiger partial charge in [0.15, 0.2) is 0 Å². The predicted molar refractivity (Wildman–Crippen MR) is 111 cm³/mol. The summed E-state index contributed by atoms with van der Waals surface area (Å²) in [7, 11) is -2.45. The predicted octanol–water partition coefficient (Wildman–Crippen LogP) is 4.31. The molecule has 8 heteroatoms. The van der Waals surface area contributed by atoms with E-state index in [0.717, 1.165) is 5.56 Å². The van der Waals surface area contributed by atoms with Crippen molar-refractivity contribution in [3.05, 3.63) is 94.0 Å². The van der Waals surface area contributed by atoms with Crippen LogP contribution >= 0.6 is 0 Å². The van der Waals surface area contributed by atoms with Gasteiger partial charge in [0.1, 0.15) is 5.75 Å². The lowest BCUT2D eigenvalue weighted by atomic mass is 10.2. The molecule has 3 aromatic carbocycles. The third kappa shape index (κ3) is 4.38. The summed E-state index contributed by atoms with van der Waals surface area (Å²) in [5, 5.41) is 10.9. The zero-order valence-electron chi connectivity index (χ0n) is 16.0. The van der Waals surface area contributed by atoms with Gasteiger partial charge >= 0.3 is 0 Å². The Morgan fingerprint density at radius 1 is 1.00 bits per heavy atom. The number of methoxy groups -OCH3 is 1. The molecule has 0 atom stereocenters. The number of sulfonamides is 1. The van der Waals surface area contributed by atoms with Crippen LogP contribution in [0.4, 0.5) is 11.4 Å². The van der Waals surface area contributed by atoms with E-state index < -0.39 is 14.9 Å². The molecule has 0 unspecified atom stereocenters. The number of aryl methyl sites for hydroxylation is 1. The number of hydrogen-bond donors (Lipinski definition) is 0. The van der Waals surface area contributed by atoms with Crippen molar-refractivity contribution >= 4 is 21.4 Å². The van der Waals surface area contributed by atoms with E-state index in [9.17, 15) is 18.5 Å². The van der Waals surface area contributed by atoms with E-state index in [-0.39, 0.29) is 17.1 Å². The lowest BCUT2D eigenvalue weighted by molar-refractivity contribution is -0.384. The first kappa shape index (κ1) is 20.3. The maximum atomic E-state index is 13.4. The Balaban J connectivity index is 2.10. The van der Waals surface area contributed by atoms with Crippen LogP contribution in [0.2, 0.25) is 0 Å². The number of non-ortho nitro benzene ring substituents is 1. The fraction of sp³-hybridized carbons (Fsp3) is 0.143.